The maximum atomic E-state index is 11.2. The molecule has 0 spiro atoms. The lowest BCUT2D eigenvalue weighted by atomic mass is 10.1. The highest BCUT2D eigenvalue weighted by Gasteiger charge is 2.16. The smallest absolute Gasteiger partial charge is 0.333 e. The van der Waals surface area contributed by atoms with E-state index in [1.54, 1.807) is 0 Å². The molecule has 6 heteroatoms. The third-order valence-electron chi connectivity index (χ3n) is 2.18. The minimum Gasteiger partial charge on any atom is -0.411 e. The van der Waals surface area contributed by atoms with Crippen molar-refractivity contribution in [2.45, 2.75) is 45.4 Å². The van der Waals surface area contributed by atoms with E-state index in [9.17, 15) is 9.46 Å². The van der Waals surface area contributed by atoms with Gasteiger partial charge < -0.3 is 14.6 Å². The van der Waals surface area contributed by atoms with Crippen LogP contribution in [0.1, 0.15) is 45.4 Å². The molecule has 0 aliphatic heterocycles. The fraction of sp³-hybridized carbons (Fsp3) is 0.900. The van der Waals surface area contributed by atoms with E-state index in [1.165, 1.54) is 19.3 Å². The van der Waals surface area contributed by atoms with Gasteiger partial charge in [0, 0.05) is 0 Å². The van der Waals surface area contributed by atoms with Crippen molar-refractivity contribution in [2.24, 2.45) is 5.16 Å². The van der Waals surface area contributed by atoms with Gasteiger partial charge >= 0.3 is 7.60 Å². The molecule has 0 bridgehead atoms. The van der Waals surface area contributed by atoms with Crippen molar-refractivity contribution in [1.82, 2.24) is 0 Å². The highest BCUT2D eigenvalue weighted by atomic mass is 31.2. The Kier molecular flexibility index (Phi) is 9.59. The lowest BCUT2D eigenvalue weighted by Crippen LogP contribution is -1.98. The zero-order valence-corrected chi connectivity index (χ0v) is 10.7. The van der Waals surface area contributed by atoms with Crippen molar-refractivity contribution < 1.29 is 19.2 Å². The molecule has 5 nitrogen and oxygen atoms in total. The van der Waals surface area contributed by atoms with Gasteiger partial charge in [-0.1, -0.05) is 39.0 Å². The SMILES string of the molecule is CCCCCCCCOP(=O)(O)CC=NO. The number of oxime groups is 1. The van der Waals surface area contributed by atoms with Gasteiger partial charge in [-0.25, -0.2) is 0 Å². The summed E-state index contributed by atoms with van der Waals surface area (Å²) in [5.74, 6) is 0. The van der Waals surface area contributed by atoms with Crippen LogP contribution in [0.3, 0.4) is 0 Å². The monoisotopic (exact) mass is 251 g/mol. The molecule has 0 amide bonds. The van der Waals surface area contributed by atoms with Crippen molar-refractivity contribution in [3.8, 4) is 0 Å². The Morgan fingerprint density at radius 2 is 1.88 bits per heavy atom. The molecular formula is C10H22NO4P. The molecule has 1 unspecified atom stereocenters. The van der Waals surface area contributed by atoms with E-state index in [0.717, 1.165) is 25.5 Å². The van der Waals surface area contributed by atoms with Gasteiger partial charge in [0.05, 0.1) is 19.0 Å². The van der Waals surface area contributed by atoms with Crippen LogP contribution in [0.15, 0.2) is 5.16 Å². The summed E-state index contributed by atoms with van der Waals surface area (Å²) in [6, 6.07) is 0. The summed E-state index contributed by atoms with van der Waals surface area (Å²) in [6.07, 6.45) is 7.37. The quantitative estimate of drug-likeness (QED) is 0.206. The first-order chi connectivity index (χ1) is 7.62. The fourth-order valence-corrected chi connectivity index (χ4v) is 2.08. The van der Waals surface area contributed by atoms with E-state index in [4.69, 9.17) is 9.73 Å². The summed E-state index contributed by atoms with van der Waals surface area (Å²) in [5.41, 5.74) is 0. The predicted molar refractivity (Wildman–Crippen MR) is 64.3 cm³/mol. The normalized spacial score (nSPS) is 15.4. The van der Waals surface area contributed by atoms with E-state index < -0.39 is 7.60 Å². The lowest BCUT2D eigenvalue weighted by molar-refractivity contribution is 0.255. The molecule has 2 N–H and O–H groups in total. The second-order valence-corrected chi connectivity index (χ2v) is 5.62. The molecule has 0 rings (SSSR count). The molecular weight excluding hydrogens is 229 g/mol. The third kappa shape index (κ3) is 10.1. The van der Waals surface area contributed by atoms with Gasteiger partial charge in [-0.15, -0.1) is 5.16 Å². The zero-order chi connectivity index (χ0) is 12.3. The second-order valence-electron chi connectivity index (χ2n) is 3.72. The Labute approximate surface area is 97.0 Å². The van der Waals surface area contributed by atoms with Crippen LogP contribution in [0, 0.1) is 0 Å². The molecule has 0 aromatic carbocycles. The number of nitrogens with zero attached hydrogens (tertiary/aromatic N) is 1. The van der Waals surface area contributed by atoms with Crippen molar-refractivity contribution >= 4 is 13.8 Å². The average molecular weight is 251 g/mol. The summed E-state index contributed by atoms with van der Waals surface area (Å²) in [4.78, 5) is 9.22. The van der Waals surface area contributed by atoms with E-state index in [-0.39, 0.29) is 6.16 Å². The van der Waals surface area contributed by atoms with Crippen LogP contribution in [0.25, 0.3) is 0 Å². The second kappa shape index (κ2) is 9.82. The van der Waals surface area contributed by atoms with Crippen LogP contribution in [0.4, 0.5) is 0 Å². The predicted octanol–water partition coefficient (Wildman–Crippen LogP) is 3.01. The largest absolute Gasteiger partial charge is 0.411 e. The number of hydrogen-bond acceptors (Lipinski definition) is 4. The molecule has 0 aromatic heterocycles. The number of hydrogen-bond donors (Lipinski definition) is 2. The number of rotatable bonds is 10. The lowest BCUT2D eigenvalue weighted by Gasteiger charge is -2.09. The van der Waals surface area contributed by atoms with Crippen molar-refractivity contribution in [3.05, 3.63) is 0 Å². The maximum Gasteiger partial charge on any atom is 0.333 e. The topological polar surface area (TPSA) is 79.1 Å². The summed E-state index contributed by atoms with van der Waals surface area (Å²) in [5, 5.41) is 10.8. The molecule has 96 valence electrons. The number of unbranched alkanes of at least 4 members (excludes halogenated alkanes) is 5. The van der Waals surface area contributed by atoms with Gasteiger partial charge in [0.25, 0.3) is 0 Å². The summed E-state index contributed by atoms with van der Waals surface area (Å²) >= 11 is 0. The zero-order valence-electron chi connectivity index (χ0n) is 9.84. The van der Waals surface area contributed by atoms with Gasteiger partial charge in [0.1, 0.15) is 0 Å². The summed E-state index contributed by atoms with van der Waals surface area (Å²) in [7, 11) is -3.58. The first-order valence-corrected chi connectivity index (χ1v) is 7.51. The van der Waals surface area contributed by atoms with Crippen LogP contribution >= 0.6 is 7.60 Å². The van der Waals surface area contributed by atoms with Crippen molar-refractivity contribution in [1.29, 1.82) is 0 Å². The molecule has 1 atom stereocenters. The van der Waals surface area contributed by atoms with E-state index in [0.29, 0.717) is 6.61 Å². The van der Waals surface area contributed by atoms with Gasteiger partial charge in [-0.2, -0.15) is 0 Å². The maximum absolute atomic E-state index is 11.2. The van der Waals surface area contributed by atoms with E-state index in [2.05, 4.69) is 12.1 Å². The van der Waals surface area contributed by atoms with Gasteiger partial charge in [0.2, 0.25) is 0 Å². The summed E-state index contributed by atoms with van der Waals surface area (Å²) < 4.78 is 16.1. The highest BCUT2D eigenvalue weighted by Crippen LogP contribution is 2.40. The van der Waals surface area contributed by atoms with Crippen LogP contribution in [0.2, 0.25) is 0 Å². The van der Waals surface area contributed by atoms with Crippen LogP contribution < -0.4 is 0 Å². The van der Waals surface area contributed by atoms with Crippen LogP contribution in [-0.4, -0.2) is 29.1 Å². The molecule has 0 aliphatic carbocycles. The Hall–Kier alpha value is -0.380. The highest BCUT2D eigenvalue weighted by molar-refractivity contribution is 7.53. The molecule has 0 fully saturated rings. The first-order valence-electron chi connectivity index (χ1n) is 5.74. The minimum atomic E-state index is -3.58. The Bertz CT molecular complexity index is 233. The van der Waals surface area contributed by atoms with Gasteiger partial charge in [0.15, 0.2) is 0 Å². The van der Waals surface area contributed by atoms with Gasteiger partial charge in [-0.05, 0) is 6.42 Å². The third-order valence-corrected chi connectivity index (χ3v) is 3.40. The fourth-order valence-electron chi connectivity index (χ4n) is 1.28. The molecule has 0 aliphatic rings. The van der Waals surface area contributed by atoms with Crippen molar-refractivity contribution in [2.75, 3.05) is 12.8 Å². The Morgan fingerprint density at radius 3 is 2.50 bits per heavy atom. The first kappa shape index (κ1) is 15.6. The summed E-state index contributed by atoms with van der Waals surface area (Å²) in [6.45, 7) is 2.45. The molecule has 0 radical (unpaired) electrons. The van der Waals surface area contributed by atoms with E-state index >= 15 is 0 Å². The minimum absolute atomic E-state index is 0.237. The molecule has 0 aromatic rings. The molecule has 16 heavy (non-hydrogen) atoms. The van der Waals surface area contributed by atoms with Crippen molar-refractivity contribution in [3.63, 3.8) is 0 Å². The molecule has 0 saturated carbocycles. The van der Waals surface area contributed by atoms with Crippen LogP contribution in [0.5, 0.6) is 0 Å². The molecule has 0 heterocycles. The standard InChI is InChI=1S/C10H22NO4P/c1-2-3-4-5-6-7-9-15-16(13,14)10-8-11-12/h8,12H,2-7,9-10H2,1H3,(H,13,14). The van der Waals surface area contributed by atoms with Gasteiger partial charge in [-0.3, -0.25) is 4.57 Å². The molecule has 0 saturated heterocycles. The Balaban J connectivity index is 3.39. The van der Waals surface area contributed by atoms with E-state index in [1.807, 2.05) is 0 Å². The Morgan fingerprint density at radius 1 is 1.25 bits per heavy atom. The van der Waals surface area contributed by atoms with Crippen LogP contribution in [-0.2, 0) is 9.09 Å². The average Bonchev–Trinajstić information content (AvgIpc) is 2.25.